The summed E-state index contributed by atoms with van der Waals surface area (Å²) in [5.74, 6) is 0.534. The van der Waals surface area contributed by atoms with E-state index in [4.69, 9.17) is 56.1 Å². The Bertz CT molecular complexity index is 1110. The Morgan fingerprint density at radius 1 is 1.03 bits per heavy atom. The predicted molar refractivity (Wildman–Crippen MR) is 129 cm³/mol. The van der Waals surface area contributed by atoms with Gasteiger partial charge in [-0.05, 0) is 29.8 Å². The molecule has 1 aliphatic heterocycles. The average Bonchev–Trinajstić information content (AvgIpc) is 3.08. The lowest BCUT2D eigenvalue weighted by atomic mass is 10.1. The standard InChI is InChI=1S/C22H22Cl4N4O2/c23-15-2-1-3-16(24)14(15)10-21-28-19-11-17(25)18(26)12-20(19)30(21)13-22(31)27-4-5-29-6-8-32-9-7-29/h1-3,11-12H,4-10,13H2,(H,27,31). The highest BCUT2D eigenvalue weighted by Crippen LogP contribution is 2.31. The number of morpholine rings is 1. The number of nitrogens with one attached hydrogen (secondary N) is 1. The number of carbonyl (C=O) groups excluding carboxylic acids is 1. The Morgan fingerprint density at radius 2 is 1.72 bits per heavy atom. The van der Waals surface area contributed by atoms with Crippen LogP contribution in [0.2, 0.25) is 20.1 Å². The maximum Gasteiger partial charge on any atom is 0.240 e. The van der Waals surface area contributed by atoms with Gasteiger partial charge < -0.3 is 14.6 Å². The second-order valence-electron chi connectivity index (χ2n) is 7.55. The first-order valence-electron chi connectivity index (χ1n) is 10.3. The Balaban J connectivity index is 1.56. The number of hydrogen-bond acceptors (Lipinski definition) is 4. The van der Waals surface area contributed by atoms with Crippen LogP contribution in [0, 0.1) is 0 Å². The van der Waals surface area contributed by atoms with Crippen LogP contribution in [-0.2, 0) is 22.5 Å². The Kier molecular flexibility index (Phi) is 7.82. The molecule has 3 aromatic rings. The van der Waals surface area contributed by atoms with E-state index in [1.54, 1.807) is 30.3 Å². The summed E-state index contributed by atoms with van der Waals surface area (Å²) in [6.45, 7) is 4.65. The SMILES string of the molecule is O=C(Cn1c(Cc2c(Cl)cccc2Cl)nc2cc(Cl)c(Cl)cc21)NCCN1CCOCC1. The number of ether oxygens (including phenoxy) is 1. The third-order valence-electron chi connectivity index (χ3n) is 5.42. The fourth-order valence-corrected chi connectivity index (χ4v) is 4.57. The van der Waals surface area contributed by atoms with Gasteiger partial charge in [-0.1, -0.05) is 52.5 Å². The van der Waals surface area contributed by atoms with Crippen molar-refractivity contribution in [1.82, 2.24) is 19.8 Å². The fourth-order valence-electron chi connectivity index (χ4n) is 3.72. The first-order chi connectivity index (χ1) is 15.4. The van der Waals surface area contributed by atoms with E-state index in [-0.39, 0.29) is 12.5 Å². The number of benzene rings is 2. The summed E-state index contributed by atoms with van der Waals surface area (Å²) in [5.41, 5.74) is 2.12. The van der Waals surface area contributed by atoms with Crippen LogP contribution in [0.5, 0.6) is 0 Å². The molecule has 10 heteroatoms. The van der Waals surface area contributed by atoms with Gasteiger partial charge in [0.15, 0.2) is 0 Å². The molecular weight excluding hydrogens is 494 g/mol. The monoisotopic (exact) mass is 514 g/mol. The molecule has 1 aliphatic rings. The van der Waals surface area contributed by atoms with E-state index in [0.29, 0.717) is 44.4 Å². The van der Waals surface area contributed by atoms with Crippen molar-refractivity contribution in [2.24, 2.45) is 0 Å². The summed E-state index contributed by atoms with van der Waals surface area (Å²) in [5, 5.41) is 4.88. The lowest BCUT2D eigenvalue weighted by Crippen LogP contribution is -2.41. The number of nitrogens with zero attached hydrogens (tertiary/aromatic N) is 3. The van der Waals surface area contributed by atoms with Gasteiger partial charge in [0.1, 0.15) is 12.4 Å². The summed E-state index contributed by atoms with van der Waals surface area (Å²) < 4.78 is 7.19. The summed E-state index contributed by atoms with van der Waals surface area (Å²) in [4.78, 5) is 19.7. The summed E-state index contributed by atoms with van der Waals surface area (Å²) in [6, 6.07) is 8.77. The summed E-state index contributed by atoms with van der Waals surface area (Å²) in [7, 11) is 0. The van der Waals surface area contributed by atoms with Gasteiger partial charge in [0.05, 0.1) is 34.3 Å². The number of carbonyl (C=O) groups is 1. The van der Waals surface area contributed by atoms with E-state index in [9.17, 15) is 4.79 Å². The first kappa shape index (κ1) is 23.6. The summed E-state index contributed by atoms with van der Waals surface area (Å²) >= 11 is 25.2. The molecule has 0 bridgehead atoms. The largest absolute Gasteiger partial charge is 0.379 e. The molecule has 32 heavy (non-hydrogen) atoms. The molecule has 1 amide bonds. The molecule has 2 heterocycles. The second kappa shape index (κ2) is 10.6. The Hall–Kier alpha value is -1.54. The number of amides is 1. The van der Waals surface area contributed by atoms with Crippen molar-refractivity contribution in [3.63, 3.8) is 0 Å². The van der Waals surface area contributed by atoms with Gasteiger partial charge in [0.25, 0.3) is 0 Å². The molecule has 1 N–H and O–H groups in total. The van der Waals surface area contributed by atoms with Gasteiger partial charge in [-0.3, -0.25) is 9.69 Å². The van der Waals surface area contributed by atoms with Crippen molar-refractivity contribution in [1.29, 1.82) is 0 Å². The molecule has 6 nitrogen and oxygen atoms in total. The van der Waals surface area contributed by atoms with Crippen LogP contribution in [0.4, 0.5) is 0 Å². The third kappa shape index (κ3) is 5.50. The van der Waals surface area contributed by atoms with E-state index < -0.39 is 0 Å². The number of hydrogen-bond donors (Lipinski definition) is 1. The first-order valence-corrected chi connectivity index (χ1v) is 11.8. The van der Waals surface area contributed by atoms with E-state index >= 15 is 0 Å². The smallest absolute Gasteiger partial charge is 0.240 e. The van der Waals surface area contributed by atoms with Crippen LogP contribution >= 0.6 is 46.4 Å². The number of rotatable bonds is 7. The van der Waals surface area contributed by atoms with Gasteiger partial charge in [-0.25, -0.2) is 4.98 Å². The lowest BCUT2D eigenvalue weighted by molar-refractivity contribution is -0.121. The van der Waals surface area contributed by atoms with E-state index in [1.807, 2.05) is 4.57 Å². The van der Waals surface area contributed by atoms with Crippen molar-refractivity contribution in [3.8, 4) is 0 Å². The molecule has 170 valence electrons. The number of halogens is 4. The number of imidazole rings is 1. The summed E-state index contributed by atoms with van der Waals surface area (Å²) in [6.07, 6.45) is 0.365. The molecule has 0 aliphatic carbocycles. The molecule has 1 aromatic heterocycles. The van der Waals surface area contributed by atoms with Crippen LogP contribution in [-0.4, -0.2) is 59.8 Å². The minimum Gasteiger partial charge on any atom is -0.379 e. The van der Waals surface area contributed by atoms with E-state index in [2.05, 4.69) is 10.2 Å². The van der Waals surface area contributed by atoms with Crippen molar-refractivity contribution >= 4 is 63.3 Å². The zero-order valence-corrected chi connectivity index (χ0v) is 20.2. The quantitative estimate of drug-likeness (QED) is 0.496. The van der Waals surface area contributed by atoms with Crippen LogP contribution in [0.1, 0.15) is 11.4 Å². The third-order valence-corrected chi connectivity index (χ3v) is 6.85. The predicted octanol–water partition coefficient (Wildman–Crippen LogP) is 4.69. The van der Waals surface area contributed by atoms with E-state index in [0.717, 1.165) is 43.9 Å². The maximum atomic E-state index is 12.8. The molecule has 0 saturated carbocycles. The van der Waals surface area contributed by atoms with Crippen molar-refractivity contribution < 1.29 is 9.53 Å². The second-order valence-corrected chi connectivity index (χ2v) is 9.18. The zero-order chi connectivity index (χ0) is 22.7. The molecule has 0 unspecified atom stereocenters. The van der Waals surface area contributed by atoms with Crippen LogP contribution in [0.15, 0.2) is 30.3 Å². The molecule has 2 aromatic carbocycles. The lowest BCUT2D eigenvalue weighted by Gasteiger charge is -2.26. The highest BCUT2D eigenvalue weighted by atomic mass is 35.5. The van der Waals surface area contributed by atoms with Gasteiger partial charge in [-0.2, -0.15) is 0 Å². The van der Waals surface area contributed by atoms with E-state index in [1.165, 1.54) is 0 Å². The topological polar surface area (TPSA) is 59.4 Å². The van der Waals surface area contributed by atoms with Gasteiger partial charge >= 0.3 is 0 Å². The molecule has 1 saturated heterocycles. The van der Waals surface area contributed by atoms with Crippen molar-refractivity contribution in [2.75, 3.05) is 39.4 Å². The molecule has 4 rings (SSSR count). The van der Waals surface area contributed by atoms with Gasteiger partial charge in [-0.15, -0.1) is 0 Å². The van der Waals surface area contributed by atoms with Crippen LogP contribution in [0.25, 0.3) is 11.0 Å². The van der Waals surface area contributed by atoms with Crippen LogP contribution < -0.4 is 5.32 Å². The van der Waals surface area contributed by atoms with Gasteiger partial charge in [0, 0.05) is 42.6 Å². The normalized spacial score (nSPS) is 14.8. The van der Waals surface area contributed by atoms with Crippen molar-refractivity contribution in [2.45, 2.75) is 13.0 Å². The fraction of sp³-hybridized carbons (Fsp3) is 0.364. The maximum absolute atomic E-state index is 12.8. The highest BCUT2D eigenvalue weighted by Gasteiger charge is 2.18. The molecule has 0 radical (unpaired) electrons. The number of aromatic nitrogens is 2. The average molecular weight is 516 g/mol. The van der Waals surface area contributed by atoms with Crippen molar-refractivity contribution in [3.05, 3.63) is 61.8 Å². The molecular formula is C22H22Cl4N4O2. The minimum absolute atomic E-state index is 0.0922. The highest BCUT2D eigenvalue weighted by molar-refractivity contribution is 6.42. The Labute approximate surface area is 206 Å². The van der Waals surface area contributed by atoms with Crippen LogP contribution in [0.3, 0.4) is 0 Å². The zero-order valence-electron chi connectivity index (χ0n) is 17.2. The molecule has 1 fully saturated rings. The molecule has 0 spiro atoms. The minimum atomic E-state index is -0.116. The molecule has 0 atom stereocenters. The number of fused-ring (bicyclic) bond motifs is 1. The van der Waals surface area contributed by atoms with Gasteiger partial charge in [0.2, 0.25) is 5.91 Å². The Morgan fingerprint density at radius 3 is 2.44 bits per heavy atom.